The second-order valence-corrected chi connectivity index (χ2v) is 8.58. The van der Waals surface area contributed by atoms with E-state index in [0.717, 1.165) is 5.56 Å². The summed E-state index contributed by atoms with van der Waals surface area (Å²) in [7, 11) is 0. The Morgan fingerprint density at radius 3 is 2.58 bits per heavy atom. The lowest BCUT2D eigenvalue weighted by atomic mass is 10.1. The SMILES string of the molecule is Cc1cnn(Cc2ccc(F)c(C(=O)N3CCN(CC(C)(C)O)C(=O)C3)c2)c(=O)c1C. The van der Waals surface area contributed by atoms with Crippen molar-refractivity contribution in [3.63, 3.8) is 0 Å². The number of benzene rings is 1. The smallest absolute Gasteiger partial charge is 0.270 e. The Hall–Kier alpha value is -3.07. The average Bonchev–Trinajstić information content (AvgIpc) is 2.70. The van der Waals surface area contributed by atoms with Crippen molar-refractivity contribution in [1.29, 1.82) is 0 Å². The van der Waals surface area contributed by atoms with E-state index in [1.165, 1.54) is 32.7 Å². The number of carbonyl (C=O) groups is 2. The Kier molecular flexibility index (Phi) is 6.26. The molecule has 0 atom stereocenters. The molecule has 0 aliphatic carbocycles. The highest BCUT2D eigenvalue weighted by Crippen LogP contribution is 2.17. The van der Waals surface area contributed by atoms with Crippen molar-refractivity contribution in [2.24, 2.45) is 0 Å². The highest BCUT2D eigenvalue weighted by Gasteiger charge is 2.31. The van der Waals surface area contributed by atoms with E-state index >= 15 is 0 Å². The molecule has 3 rings (SSSR count). The van der Waals surface area contributed by atoms with Crippen LogP contribution in [0.5, 0.6) is 0 Å². The van der Waals surface area contributed by atoms with E-state index in [0.29, 0.717) is 11.1 Å². The van der Waals surface area contributed by atoms with Crippen LogP contribution in [0, 0.1) is 19.7 Å². The summed E-state index contributed by atoms with van der Waals surface area (Å²) >= 11 is 0. The zero-order chi connectivity index (χ0) is 22.9. The first-order valence-electron chi connectivity index (χ1n) is 10.1. The fourth-order valence-corrected chi connectivity index (χ4v) is 3.47. The number of hydrogen-bond donors (Lipinski definition) is 1. The number of aryl methyl sites for hydroxylation is 1. The number of rotatable bonds is 5. The first-order chi connectivity index (χ1) is 14.5. The second kappa shape index (κ2) is 8.58. The molecule has 0 radical (unpaired) electrons. The minimum atomic E-state index is -1.04. The third-order valence-corrected chi connectivity index (χ3v) is 5.31. The molecule has 1 aromatic carbocycles. The van der Waals surface area contributed by atoms with Crippen LogP contribution in [0.25, 0.3) is 0 Å². The van der Waals surface area contributed by atoms with Gasteiger partial charge in [0.15, 0.2) is 0 Å². The molecule has 0 saturated carbocycles. The molecule has 0 spiro atoms. The van der Waals surface area contributed by atoms with Crippen LogP contribution in [-0.2, 0) is 11.3 Å². The molecule has 0 unspecified atom stereocenters. The summed E-state index contributed by atoms with van der Waals surface area (Å²) in [6, 6.07) is 4.08. The van der Waals surface area contributed by atoms with Gasteiger partial charge in [0.1, 0.15) is 12.4 Å². The van der Waals surface area contributed by atoms with Crippen LogP contribution < -0.4 is 5.56 Å². The third kappa shape index (κ3) is 5.16. The first kappa shape index (κ1) is 22.6. The molecule has 2 amide bonds. The number of aliphatic hydroxyl groups is 1. The van der Waals surface area contributed by atoms with E-state index in [2.05, 4.69) is 5.10 Å². The zero-order valence-electron chi connectivity index (χ0n) is 18.2. The van der Waals surface area contributed by atoms with Crippen molar-refractivity contribution < 1.29 is 19.1 Å². The van der Waals surface area contributed by atoms with E-state index in [-0.39, 0.29) is 49.8 Å². The average molecular weight is 430 g/mol. The molecule has 31 heavy (non-hydrogen) atoms. The Labute approximate surface area is 179 Å². The number of aromatic nitrogens is 2. The van der Waals surface area contributed by atoms with Gasteiger partial charge >= 0.3 is 0 Å². The summed E-state index contributed by atoms with van der Waals surface area (Å²) in [5.41, 5.74) is 0.474. The zero-order valence-corrected chi connectivity index (χ0v) is 18.2. The van der Waals surface area contributed by atoms with Crippen LogP contribution in [0.1, 0.15) is 40.9 Å². The van der Waals surface area contributed by atoms with Crippen molar-refractivity contribution in [3.8, 4) is 0 Å². The van der Waals surface area contributed by atoms with Gasteiger partial charge in [0, 0.05) is 25.2 Å². The standard InChI is InChI=1S/C22H27FN4O4/c1-14-10-24-27(20(29)15(14)2)11-16-5-6-18(23)17(9-16)21(30)25-7-8-26(19(28)12-25)13-22(3,4)31/h5-6,9-10,31H,7-8,11-13H2,1-4H3. The summed E-state index contributed by atoms with van der Waals surface area (Å²) in [6.07, 6.45) is 1.59. The Bertz CT molecular complexity index is 1070. The number of carbonyl (C=O) groups excluding carboxylic acids is 2. The normalized spacial score (nSPS) is 14.8. The fourth-order valence-electron chi connectivity index (χ4n) is 3.47. The molecule has 9 heteroatoms. The highest BCUT2D eigenvalue weighted by molar-refractivity contribution is 5.97. The predicted octanol–water partition coefficient (Wildman–Crippen LogP) is 1.10. The van der Waals surface area contributed by atoms with E-state index in [1.54, 1.807) is 33.9 Å². The maximum absolute atomic E-state index is 14.4. The van der Waals surface area contributed by atoms with Gasteiger partial charge in [0.2, 0.25) is 5.91 Å². The summed E-state index contributed by atoms with van der Waals surface area (Å²) < 4.78 is 15.7. The molecule has 8 nitrogen and oxygen atoms in total. The molecule has 2 aromatic rings. The largest absolute Gasteiger partial charge is 0.389 e. The van der Waals surface area contributed by atoms with Crippen molar-refractivity contribution in [3.05, 3.63) is 62.8 Å². The number of piperazine rings is 1. The predicted molar refractivity (Wildman–Crippen MR) is 112 cm³/mol. The maximum Gasteiger partial charge on any atom is 0.270 e. The van der Waals surface area contributed by atoms with E-state index in [4.69, 9.17) is 0 Å². The second-order valence-electron chi connectivity index (χ2n) is 8.58. The molecule has 1 saturated heterocycles. The van der Waals surface area contributed by atoms with Crippen LogP contribution in [0.3, 0.4) is 0 Å². The van der Waals surface area contributed by atoms with E-state index in [9.17, 15) is 23.9 Å². The Balaban J connectivity index is 1.78. The van der Waals surface area contributed by atoms with Crippen molar-refractivity contribution >= 4 is 11.8 Å². The Morgan fingerprint density at radius 2 is 1.94 bits per heavy atom. The van der Waals surface area contributed by atoms with Crippen LogP contribution in [0.4, 0.5) is 4.39 Å². The number of nitrogens with zero attached hydrogens (tertiary/aromatic N) is 4. The number of halogens is 1. The lowest BCUT2D eigenvalue weighted by molar-refractivity contribution is -0.138. The molecule has 0 bridgehead atoms. The van der Waals surface area contributed by atoms with Gasteiger partial charge in [-0.2, -0.15) is 5.10 Å². The van der Waals surface area contributed by atoms with Gasteiger partial charge in [0.05, 0.1) is 23.9 Å². The van der Waals surface area contributed by atoms with Crippen LogP contribution in [0.2, 0.25) is 0 Å². The summed E-state index contributed by atoms with van der Waals surface area (Å²) in [5.74, 6) is -1.58. The highest BCUT2D eigenvalue weighted by atomic mass is 19.1. The van der Waals surface area contributed by atoms with E-state index < -0.39 is 17.3 Å². The molecule has 166 valence electrons. The quantitative estimate of drug-likeness (QED) is 0.767. The topological polar surface area (TPSA) is 95.7 Å². The molecule has 1 aromatic heterocycles. The third-order valence-electron chi connectivity index (χ3n) is 5.31. The summed E-state index contributed by atoms with van der Waals surface area (Å²) in [5, 5.41) is 14.0. The molecule has 1 aliphatic rings. The monoisotopic (exact) mass is 430 g/mol. The molecular weight excluding hydrogens is 403 g/mol. The van der Waals surface area contributed by atoms with Gasteiger partial charge < -0.3 is 14.9 Å². The van der Waals surface area contributed by atoms with Crippen molar-refractivity contribution in [1.82, 2.24) is 19.6 Å². The minimum absolute atomic E-state index is 0.0960. The maximum atomic E-state index is 14.4. The van der Waals surface area contributed by atoms with Crippen LogP contribution in [0.15, 0.2) is 29.2 Å². The van der Waals surface area contributed by atoms with Crippen molar-refractivity contribution in [2.75, 3.05) is 26.2 Å². The molecule has 1 aliphatic heterocycles. The number of hydrogen-bond acceptors (Lipinski definition) is 5. The minimum Gasteiger partial charge on any atom is -0.389 e. The fraction of sp³-hybridized carbons (Fsp3) is 0.455. The number of β-amino-alcohol motifs (C(OH)–C–C–N with tert-alkyl or cyclic N) is 1. The lowest BCUT2D eigenvalue weighted by Crippen LogP contribution is -2.55. The van der Waals surface area contributed by atoms with E-state index in [1.807, 2.05) is 0 Å². The van der Waals surface area contributed by atoms with Crippen LogP contribution >= 0.6 is 0 Å². The molecule has 2 heterocycles. The molecule has 1 fully saturated rings. The van der Waals surface area contributed by atoms with Gasteiger partial charge in [-0.1, -0.05) is 6.07 Å². The van der Waals surface area contributed by atoms with Crippen LogP contribution in [-0.4, -0.2) is 68.3 Å². The lowest BCUT2D eigenvalue weighted by Gasteiger charge is -2.37. The Morgan fingerprint density at radius 1 is 1.23 bits per heavy atom. The van der Waals surface area contributed by atoms with Gasteiger partial charge in [-0.25, -0.2) is 9.07 Å². The summed E-state index contributed by atoms with van der Waals surface area (Å²) in [4.78, 5) is 40.5. The first-order valence-corrected chi connectivity index (χ1v) is 10.1. The van der Waals surface area contributed by atoms with Gasteiger partial charge in [-0.15, -0.1) is 0 Å². The molecule has 1 N–H and O–H groups in total. The van der Waals surface area contributed by atoms with Gasteiger partial charge in [-0.05, 0) is 51.0 Å². The van der Waals surface area contributed by atoms with Gasteiger partial charge in [-0.3, -0.25) is 14.4 Å². The summed E-state index contributed by atoms with van der Waals surface area (Å²) in [6.45, 7) is 7.30. The molecular formula is C22H27FN4O4. The number of amides is 2. The van der Waals surface area contributed by atoms with Gasteiger partial charge in [0.25, 0.3) is 11.5 Å². The van der Waals surface area contributed by atoms with Crippen molar-refractivity contribution in [2.45, 2.75) is 39.8 Å².